The Bertz CT molecular complexity index is 318. The van der Waals surface area contributed by atoms with Crippen LogP contribution >= 0.6 is 0 Å². The number of aromatic nitrogens is 2. The molecule has 0 spiro atoms. The predicted molar refractivity (Wildman–Crippen MR) is 54.9 cm³/mol. The summed E-state index contributed by atoms with van der Waals surface area (Å²) in [5.74, 6) is 0. The van der Waals surface area contributed by atoms with E-state index in [9.17, 15) is 4.79 Å². The van der Waals surface area contributed by atoms with Crippen molar-refractivity contribution in [3.8, 4) is 6.01 Å². The van der Waals surface area contributed by atoms with E-state index in [0.29, 0.717) is 11.6 Å². The van der Waals surface area contributed by atoms with Gasteiger partial charge in [-0.05, 0) is 25.7 Å². The van der Waals surface area contributed by atoms with Crippen LogP contribution in [0.25, 0.3) is 0 Å². The van der Waals surface area contributed by atoms with Gasteiger partial charge >= 0.3 is 6.01 Å². The first-order chi connectivity index (χ1) is 7.38. The highest BCUT2D eigenvalue weighted by Crippen LogP contribution is 2.20. The molecule has 1 heterocycles. The molecule has 80 valence electrons. The van der Waals surface area contributed by atoms with Gasteiger partial charge in [0.05, 0.1) is 5.56 Å². The third kappa shape index (κ3) is 2.75. The quantitative estimate of drug-likeness (QED) is 0.710. The fourth-order valence-corrected chi connectivity index (χ4v) is 1.78. The molecule has 0 saturated heterocycles. The fourth-order valence-electron chi connectivity index (χ4n) is 1.78. The molecule has 15 heavy (non-hydrogen) atoms. The molecule has 0 bridgehead atoms. The monoisotopic (exact) mass is 206 g/mol. The summed E-state index contributed by atoms with van der Waals surface area (Å²) in [4.78, 5) is 18.3. The summed E-state index contributed by atoms with van der Waals surface area (Å²) in [7, 11) is 0. The number of carbonyl (C=O) groups is 1. The number of hydrogen-bond acceptors (Lipinski definition) is 4. The molecule has 0 aliphatic heterocycles. The molecule has 0 radical (unpaired) electrons. The smallest absolute Gasteiger partial charge is 0.316 e. The summed E-state index contributed by atoms with van der Waals surface area (Å²) in [5.41, 5.74) is 0.478. The van der Waals surface area contributed by atoms with Crippen molar-refractivity contribution >= 4 is 6.29 Å². The Morgan fingerprint density at radius 1 is 1.20 bits per heavy atom. The van der Waals surface area contributed by atoms with Crippen LogP contribution < -0.4 is 4.74 Å². The van der Waals surface area contributed by atoms with Gasteiger partial charge in [-0.25, -0.2) is 9.97 Å². The molecule has 1 aromatic heterocycles. The van der Waals surface area contributed by atoms with Crippen LogP contribution in [0.1, 0.15) is 42.5 Å². The van der Waals surface area contributed by atoms with E-state index in [1.165, 1.54) is 31.7 Å². The Hall–Kier alpha value is -1.45. The zero-order valence-corrected chi connectivity index (χ0v) is 8.56. The number of carbonyl (C=O) groups excluding carboxylic acids is 1. The van der Waals surface area contributed by atoms with Crippen molar-refractivity contribution in [1.82, 2.24) is 9.97 Å². The number of hydrogen-bond donors (Lipinski definition) is 0. The van der Waals surface area contributed by atoms with Crippen LogP contribution in [-0.4, -0.2) is 22.4 Å². The van der Waals surface area contributed by atoms with Crippen LogP contribution in [-0.2, 0) is 0 Å². The van der Waals surface area contributed by atoms with Gasteiger partial charge in [0.15, 0.2) is 6.29 Å². The summed E-state index contributed by atoms with van der Waals surface area (Å²) in [6.45, 7) is 0. The molecule has 1 aliphatic carbocycles. The molecule has 0 amide bonds. The number of rotatable bonds is 3. The average Bonchev–Trinajstić information content (AvgIpc) is 2.31. The molecule has 0 N–H and O–H groups in total. The summed E-state index contributed by atoms with van der Waals surface area (Å²) in [6.07, 6.45) is 9.85. The minimum atomic E-state index is 0.251. The minimum absolute atomic E-state index is 0.251. The van der Waals surface area contributed by atoms with Crippen LogP contribution in [0, 0.1) is 0 Å². The normalized spacial score (nSPS) is 17.3. The van der Waals surface area contributed by atoms with Crippen molar-refractivity contribution in [3.63, 3.8) is 0 Å². The van der Waals surface area contributed by atoms with Gasteiger partial charge in [-0.15, -0.1) is 0 Å². The Balaban J connectivity index is 1.94. The predicted octanol–water partition coefficient (Wildman–Crippen LogP) is 2.00. The fraction of sp³-hybridized carbons (Fsp3) is 0.545. The number of nitrogens with zero attached hydrogens (tertiary/aromatic N) is 2. The van der Waals surface area contributed by atoms with Crippen molar-refractivity contribution in [2.45, 2.75) is 38.2 Å². The zero-order valence-electron chi connectivity index (χ0n) is 8.56. The van der Waals surface area contributed by atoms with Gasteiger partial charge in [0.25, 0.3) is 0 Å². The van der Waals surface area contributed by atoms with Crippen molar-refractivity contribution in [1.29, 1.82) is 0 Å². The SMILES string of the molecule is O=Cc1cnc(OC2CCCCC2)nc1. The second kappa shape index (κ2) is 4.87. The first-order valence-electron chi connectivity index (χ1n) is 5.32. The lowest BCUT2D eigenvalue weighted by Gasteiger charge is -2.21. The molecule has 1 saturated carbocycles. The Morgan fingerprint density at radius 3 is 2.47 bits per heavy atom. The number of ether oxygens (including phenoxy) is 1. The second-order valence-electron chi connectivity index (χ2n) is 3.79. The second-order valence-corrected chi connectivity index (χ2v) is 3.79. The molecule has 2 rings (SSSR count). The summed E-state index contributed by atoms with van der Waals surface area (Å²) < 4.78 is 5.62. The molecule has 0 unspecified atom stereocenters. The van der Waals surface area contributed by atoms with Crippen LogP contribution in [0.3, 0.4) is 0 Å². The summed E-state index contributed by atoms with van der Waals surface area (Å²) >= 11 is 0. The highest BCUT2D eigenvalue weighted by molar-refractivity contribution is 5.73. The molecule has 1 fully saturated rings. The molecule has 0 aromatic carbocycles. The van der Waals surface area contributed by atoms with E-state index in [2.05, 4.69) is 9.97 Å². The van der Waals surface area contributed by atoms with Crippen LogP contribution in [0.5, 0.6) is 6.01 Å². The van der Waals surface area contributed by atoms with Crippen LogP contribution in [0.2, 0.25) is 0 Å². The molecule has 4 nitrogen and oxygen atoms in total. The Labute approximate surface area is 88.7 Å². The standard InChI is InChI=1S/C11H14N2O2/c14-8-9-6-12-11(13-7-9)15-10-4-2-1-3-5-10/h6-8,10H,1-5H2. The maximum Gasteiger partial charge on any atom is 0.316 e. The zero-order chi connectivity index (χ0) is 10.5. The summed E-state index contributed by atoms with van der Waals surface area (Å²) in [5, 5.41) is 0. The average molecular weight is 206 g/mol. The molecular weight excluding hydrogens is 192 g/mol. The van der Waals surface area contributed by atoms with Gasteiger partial charge < -0.3 is 4.74 Å². The lowest BCUT2D eigenvalue weighted by atomic mass is 9.98. The van der Waals surface area contributed by atoms with Gasteiger partial charge in [0.2, 0.25) is 0 Å². The van der Waals surface area contributed by atoms with E-state index in [1.54, 1.807) is 0 Å². The lowest BCUT2D eigenvalue weighted by molar-refractivity contribution is 0.112. The van der Waals surface area contributed by atoms with Crippen molar-refractivity contribution in [2.24, 2.45) is 0 Å². The molecule has 1 aliphatic rings. The van der Waals surface area contributed by atoms with Crippen LogP contribution in [0.15, 0.2) is 12.4 Å². The maximum atomic E-state index is 10.4. The third-order valence-corrected chi connectivity index (χ3v) is 2.61. The lowest BCUT2D eigenvalue weighted by Crippen LogP contribution is -2.20. The third-order valence-electron chi connectivity index (χ3n) is 2.61. The van der Waals surface area contributed by atoms with Gasteiger partial charge in [-0.3, -0.25) is 4.79 Å². The van der Waals surface area contributed by atoms with E-state index in [0.717, 1.165) is 19.1 Å². The molecular formula is C11H14N2O2. The van der Waals surface area contributed by atoms with Crippen molar-refractivity contribution in [2.75, 3.05) is 0 Å². The minimum Gasteiger partial charge on any atom is -0.460 e. The molecule has 4 heteroatoms. The molecule has 1 aromatic rings. The van der Waals surface area contributed by atoms with Crippen molar-refractivity contribution in [3.05, 3.63) is 18.0 Å². The first-order valence-corrected chi connectivity index (χ1v) is 5.32. The largest absolute Gasteiger partial charge is 0.460 e. The number of aldehydes is 1. The van der Waals surface area contributed by atoms with E-state index < -0.39 is 0 Å². The highest BCUT2D eigenvalue weighted by Gasteiger charge is 2.15. The van der Waals surface area contributed by atoms with E-state index >= 15 is 0 Å². The highest BCUT2D eigenvalue weighted by atomic mass is 16.5. The van der Waals surface area contributed by atoms with E-state index in [1.807, 2.05) is 0 Å². The van der Waals surface area contributed by atoms with Gasteiger partial charge in [0, 0.05) is 12.4 Å². The molecule has 0 atom stereocenters. The van der Waals surface area contributed by atoms with Gasteiger partial charge in [-0.1, -0.05) is 6.42 Å². The van der Waals surface area contributed by atoms with Crippen molar-refractivity contribution < 1.29 is 9.53 Å². The Kier molecular flexibility index (Phi) is 3.27. The van der Waals surface area contributed by atoms with E-state index in [-0.39, 0.29) is 6.10 Å². The van der Waals surface area contributed by atoms with E-state index in [4.69, 9.17) is 4.74 Å². The maximum absolute atomic E-state index is 10.4. The Morgan fingerprint density at radius 2 is 1.87 bits per heavy atom. The van der Waals surface area contributed by atoms with Gasteiger partial charge in [-0.2, -0.15) is 0 Å². The van der Waals surface area contributed by atoms with Gasteiger partial charge in [0.1, 0.15) is 6.10 Å². The first kappa shape index (κ1) is 10.1. The topological polar surface area (TPSA) is 52.1 Å². The summed E-state index contributed by atoms with van der Waals surface area (Å²) in [6, 6.07) is 0.382. The van der Waals surface area contributed by atoms with Crippen LogP contribution in [0.4, 0.5) is 0 Å².